The Labute approximate surface area is 98.9 Å². The highest BCUT2D eigenvalue weighted by atomic mass is 16.5. The standard InChI is InChI=1S/C13H25NO2/c1-3-5-7-11(4-2)10-14-13(15)12-8-6-9-16-12/h11-12H,3-10H2,1-2H3,(H,14,15). The van der Waals surface area contributed by atoms with Crippen LogP contribution in [0.1, 0.15) is 52.4 Å². The molecule has 16 heavy (non-hydrogen) atoms. The number of hydrogen-bond acceptors (Lipinski definition) is 2. The van der Waals surface area contributed by atoms with Gasteiger partial charge >= 0.3 is 0 Å². The Hall–Kier alpha value is -0.570. The molecule has 0 bridgehead atoms. The summed E-state index contributed by atoms with van der Waals surface area (Å²) in [6.07, 6.45) is 6.58. The van der Waals surface area contributed by atoms with Crippen LogP contribution < -0.4 is 5.32 Å². The highest BCUT2D eigenvalue weighted by Gasteiger charge is 2.23. The number of amides is 1. The van der Waals surface area contributed by atoms with Crippen molar-refractivity contribution in [2.45, 2.75) is 58.5 Å². The zero-order chi connectivity index (χ0) is 11.8. The van der Waals surface area contributed by atoms with Gasteiger partial charge in [0.2, 0.25) is 5.91 Å². The Bertz CT molecular complexity index is 200. The van der Waals surface area contributed by atoms with E-state index in [-0.39, 0.29) is 12.0 Å². The first-order valence-electron chi connectivity index (χ1n) is 6.67. The molecule has 0 radical (unpaired) electrons. The van der Waals surface area contributed by atoms with Crippen molar-refractivity contribution in [2.24, 2.45) is 5.92 Å². The van der Waals surface area contributed by atoms with Crippen LogP contribution in [0.2, 0.25) is 0 Å². The van der Waals surface area contributed by atoms with E-state index in [0.29, 0.717) is 5.92 Å². The third-order valence-corrected chi connectivity index (χ3v) is 3.33. The monoisotopic (exact) mass is 227 g/mol. The normalized spacial score (nSPS) is 22.0. The fourth-order valence-electron chi connectivity index (χ4n) is 2.09. The van der Waals surface area contributed by atoms with E-state index >= 15 is 0 Å². The lowest BCUT2D eigenvalue weighted by Gasteiger charge is -2.17. The topological polar surface area (TPSA) is 38.3 Å². The van der Waals surface area contributed by atoms with E-state index in [1.165, 1.54) is 19.3 Å². The van der Waals surface area contributed by atoms with Crippen LogP contribution in [0.25, 0.3) is 0 Å². The van der Waals surface area contributed by atoms with Crippen LogP contribution in [-0.4, -0.2) is 25.2 Å². The molecule has 0 saturated carbocycles. The van der Waals surface area contributed by atoms with Crippen molar-refractivity contribution in [3.8, 4) is 0 Å². The molecule has 0 aliphatic carbocycles. The third-order valence-electron chi connectivity index (χ3n) is 3.33. The maximum Gasteiger partial charge on any atom is 0.249 e. The lowest BCUT2D eigenvalue weighted by Crippen LogP contribution is -2.37. The zero-order valence-electron chi connectivity index (χ0n) is 10.6. The van der Waals surface area contributed by atoms with Crippen molar-refractivity contribution in [2.75, 3.05) is 13.2 Å². The summed E-state index contributed by atoms with van der Waals surface area (Å²) in [4.78, 5) is 11.7. The van der Waals surface area contributed by atoms with Gasteiger partial charge in [-0.15, -0.1) is 0 Å². The summed E-state index contributed by atoms with van der Waals surface area (Å²) in [5, 5.41) is 3.02. The van der Waals surface area contributed by atoms with Crippen LogP contribution in [0.3, 0.4) is 0 Å². The van der Waals surface area contributed by atoms with Crippen molar-refractivity contribution < 1.29 is 9.53 Å². The maximum absolute atomic E-state index is 11.7. The van der Waals surface area contributed by atoms with Gasteiger partial charge in [0, 0.05) is 13.2 Å². The van der Waals surface area contributed by atoms with Gasteiger partial charge in [-0.05, 0) is 25.2 Å². The number of ether oxygens (including phenoxy) is 1. The minimum absolute atomic E-state index is 0.0902. The van der Waals surface area contributed by atoms with Crippen LogP contribution in [0.15, 0.2) is 0 Å². The molecule has 1 amide bonds. The first-order valence-corrected chi connectivity index (χ1v) is 6.67. The van der Waals surface area contributed by atoms with Gasteiger partial charge in [0.1, 0.15) is 6.10 Å². The number of unbranched alkanes of at least 4 members (excludes halogenated alkanes) is 1. The average Bonchev–Trinajstić information content (AvgIpc) is 2.82. The molecular formula is C13H25NO2. The molecule has 1 saturated heterocycles. The van der Waals surface area contributed by atoms with Crippen molar-refractivity contribution in [1.29, 1.82) is 0 Å². The Morgan fingerprint density at radius 1 is 1.50 bits per heavy atom. The summed E-state index contributed by atoms with van der Waals surface area (Å²) in [5.74, 6) is 0.720. The lowest BCUT2D eigenvalue weighted by molar-refractivity contribution is -0.130. The van der Waals surface area contributed by atoms with Crippen molar-refractivity contribution >= 4 is 5.91 Å². The smallest absolute Gasteiger partial charge is 0.249 e. The zero-order valence-corrected chi connectivity index (χ0v) is 10.6. The number of rotatable bonds is 7. The van der Waals surface area contributed by atoms with Crippen LogP contribution >= 0.6 is 0 Å². The fraction of sp³-hybridized carbons (Fsp3) is 0.923. The molecule has 1 aliphatic heterocycles. The molecule has 1 rings (SSSR count). The Morgan fingerprint density at radius 2 is 2.31 bits per heavy atom. The molecule has 3 heteroatoms. The molecule has 1 fully saturated rings. The highest BCUT2D eigenvalue weighted by molar-refractivity contribution is 5.80. The summed E-state index contributed by atoms with van der Waals surface area (Å²) < 4.78 is 5.35. The molecule has 2 unspecified atom stereocenters. The van der Waals surface area contributed by atoms with Gasteiger partial charge in [0.05, 0.1) is 0 Å². The van der Waals surface area contributed by atoms with Crippen molar-refractivity contribution in [3.05, 3.63) is 0 Å². The second-order valence-corrected chi connectivity index (χ2v) is 4.66. The van der Waals surface area contributed by atoms with Gasteiger partial charge in [-0.25, -0.2) is 0 Å². The minimum atomic E-state index is -0.177. The van der Waals surface area contributed by atoms with E-state index < -0.39 is 0 Å². The number of hydrogen-bond donors (Lipinski definition) is 1. The van der Waals surface area contributed by atoms with Gasteiger partial charge in [0.15, 0.2) is 0 Å². The summed E-state index contributed by atoms with van der Waals surface area (Å²) in [6.45, 7) is 5.95. The maximum atomic E-state index is 11.7. The van der Waals surface area contributed by atoms with Crippen LogP contribution in [0, 0.1) is 5.92 Å². The minimum Gasteiger partial charge on any atom is -0.368 e. The predicted octanol–water partition coefficient (Wildman–Crippen LogP) is 2.50. The average molecular weight is 227 g/mol. The summed E-state index contributed by atoms with van der Waals surface area (Å²) in [7, 11) is 0. The summed E-state index contributed by atoms with van der Waals surface area (Å²) in [6, 6.07) is 0. The molecule has 0 aromatic carbocycles. The number of nitrogens with one attached hydrogen (secondary N) is 1. The molecule has 0 aromatic heterocycles. The quantitative estimate of drug-likeness (QED) is 0.725. The van der Waals surface area contributed by atoms with Gasteiger partial charge < -0.3 is 10.1 Å². The summed E-state index contributed by atoms with van der Waals surface area (Å²) in [5.41, 5.74) is 0. The van der Waals surface area contributed by atoms with Gasteiger partial charge in [-0.2, -0.15) is 0 Å². The molecule has 2 atom stereocenters. The van der Waals surface area contributed by atoms with Crippen LogP contribution in [0.4, 0.5) is 0 Å². The molecule has 94 valence electrons. The molecule has 0 aromatic rings. The molecule has 1 heterocycles. The van der Waals surface area contributed by atoms with Crippen LogP contribution in [-0.2, 0) is 9.53 Å². The van der Waals surface area contributed by atoms with E-state index in [4.69, 9.17) is 4.74 Å². The van der Waals surface area contributed by atoms with E-state index in [9.17, 15) is 4.79 Å². The molecule has 1 aliphatic rings. The predicted molar refractivity (Wildman–Crippen MR) is 65.3 cm³/mol. The number of carbonyl (C=O) groups is 1. The highest BCUT2D eigenvalue weighted by Crippen LogP contribution is 2.14. The van der Waals surface area contributed by atoms with Gasteiger partial charge in [-0.1, -0.05) is 33.1 Å². The van der Waals surface area contributed by atoms with Crippen LogP contribution in [0.5, 0.6) is 0 Å². The fourth-order valence-corrected chi connectivity index (χ4v) is 2.09. The first-order chi connectivity index (χ1) is 7.77. The SMILES string of the molecule is CCCCC(CC)CNC(=O)C1CCCO1. The van der Waals surface area contributed by atoms with Crippen molar-refractivity contribution in [1.82, 2.24) is 5.32 Å². The number of carbonyl (C=O) groups excluding carboxylic acids is 1. The summed E-state index contributed by atoms with van der Waals surface area (Å²) >= 11 is 0. The second kappa shape index (κ2) is 7.66. The molecule has 0 spiro atoms. The lowest BCUT2D eigenvalue weighted by atomic mass is 9.99. The Morgan fingerprint density at radius 3 is 2.88 bits per heavy atom. The van der Waals surface area contributed by atoms with E-state index in [0.717, 1.165) is 32.4 Å². The molecule has 1 N–H and O–H groups in total. The third kappa shape index (κ3) is 4.52. The van der Waals surface area contributed by atoms with Gasteiger partial charge in [-0.3, -0.25) is 4.79 Å². The second-order valence-electron chi connectivity index (χ2n) is 4.66. The van der Waals surface area contributed by atoms with Crippen molar-refractivity contribution in [3.63, 3.8) is 0 Å². The molecular weight excluding hydrogens is 202 g/mol. The van der Waals surface area contributed by atoms with Gasteiger partial charge in [0.25, 0.3) is 0 Å². The Balaban J connectivity index is 2.17. The van der Waals surface area contributed by atoms with E-state index in [2.05, 4.69) is 19.2 Å². The van der Waals surface area contributed by atoms with E-state index in [1.807, 2.05) is 0 Å². The molecule has 3 nitrogen and oxygen atoms in total. The largest absolute Gasteiger partial charge is 0.368 e. The first kappa shape index (κ1) is 13.5. The Kier molecular flexibility index (Phi) is 6.46. The van der Waals surface area contributed by atoms with E-state index in [1.54, 1.807) is 0 Å².